The van der Waals surface area contributed by atoms with Gasteiger partial charge in [-0.3, -0.25) is 9.78 Å². The van der Waals surface area contributed by atoms with Crippen molar-refractivity contribution in [1.82, 2.24) is 10.3 Å². The predicted molar refractivity (Wildman–Crippen MR) is 59.7 cm³/mol. The Balaban J connectivity index is 2.89. The van der Waals surface area contributed by atoms with Crippen molar-refractivity contribution < 1.29 is 19.8 Å². The Hall–Kier alpha value is -2.11. The van der Waals surface area contributed by atoms with Crippen molar-refractivity contribution in [3.63, 3.8) is 0 Å². The van der Waals surface area contributed by atoms with Crippen LogP contribution in [0.3, 0.4) is 0 Å². The van der Waals surface area contributed by atoms with Crippen LogP contribution in [-0.2, 0) is 4.79 Å². The number of carbonyl (C=O) groups is 2. The summed E-state index contributed by atoms with van der Waals surface area (Å²) in [7, 11) is 0. The van der Waals surface area contributed by atoms with Crippen molar-refractivity contribution in [2.24, 2.45) is 0 Å². The van der Waals surface area contributed by atoms with Gasteiger partial charge in [-0.15, -0.1) is 0 Å². The molecule has 1 atom stereocenters. The minimum Gasteiger partial charge on any atom is -0.506 e. The molecule has 1 heterocycles. The van der Waals surface area contributed by atoms with E-state index in [4.69, 9.17) is 10.2 Å². The highest BCUT2D eigenvalue weighted by atomic mass is 16.4. The molecule has 0 aliphatic heterocycles. The maximum absolute atomic E-state index is 11.8. The van der Waals surface area contributed by atoms with Gasteiger partial charge in [0.15, 0.2) is 0 Å². The maximum Gasteiger partial charge on any atom is 0.329 e. The van der Waals surface area contributed by atoms with Crippen LogP contribution in [0.5, 0.6) is 5.75 Å². The number of hydrogen-bond donors (Lipinski definition) is 3. The van der Waals surface area contributed by atoms with Crippen molar-refractivity contribution >= 4 is 11.9 Å². The van der Waals surface area contributed by atoms with Gasteiger partial charge in [0.2, 0.25) is 0 Å². The van der Waals surface area contributed by atoms with Crippen LogP contribution in [0.25, 0.3) is 0 Å². The van der Waals surface area contributed by atoms with Crippen molar-refractivity contribution in [3.05, 3.63) is 24.0 Å². The first-order valence-corrected chi connectivity index (χ1v) is 5.09. The first kappa shape index (κ1) is 13.0. The second-order valence-electron chi connectivity index (χ2n) is 3.88. The van der Waals surface area contributed by atoms with E-state index in [0.29, 0.717) is 0 Å². The molecular formula is C11H14N2O4. The summed E-state index contributed by atoms with van der Waals surface area (Å²) in [4.78, 5) is 26.4. The average Bonchev–Trinajstić information content (AvgIpc) is 2.28. The van der Waals surface area contributed by atoms with E-state index >= 15 is 0 Å². The minimum absolute atomic E-state index is 0.117. The molecule has 0 saturated heterocycles. The van der Waals surface area contributed by atoms with Crippen LogP contribution in [0.15, 0.2) is 18.5 Å². The molecule has 0 saturated carbocycles. The van der Waals surface area contributed by atoms with Crippen LogP contribution >= 0.6 is 0 Å². The highest BCUT2D eigenvalue weighted by Gasteiger charge is 2.33. The number of pyridine rings is 1. The van der Waals surface area contributed by atoms with E-state index < -0.39 is 17.4 Å². The summed E-state index contributed by atoms with van der Waals surface area (Å²) in [5.41, 5.74) is -1.21. The lowest BCUT2D eigenvalue weighted by Crippen LogP contribution is -2.51. The van der Waals surface area contributed by atoms with Gasteiger partial charge in [0.05, 0.1) is 11.8 Å². The SMILES string of the molecule is CCC(C)(NC(=O)c1cncc(O)c1)C(=O)O. The summed E-state index contributed by atoms with van der Waals surface area (Å²) in [5, 5.41) is 20.6. The predicted octanol–water partition coefficient (Wildman–Crippen LogP) is 0.770. The molecule has 0 bridgehead atoms. The van der Waals surface area contributed by atoms with Gasteiger partial charge >= 0.3 is 5.97 Å². The molecule has 6 heteroatoms. The Morgan fingerprint density at radius 1 is 1.47 bits per heavy atom. The summed E-state index contributed by atoms with van der Waals surface area (Å²) >= 11 is 0. The number of nitrogens with one attached hydrogen (secondary N) is 1. The molecule has 92 valence electrons. The van der Waals surface area contributed by atoms with E-state index in [-0.39, 0.29) is 17.7 Å². The lowest BCUT2D eigenvalue weighted by Gasteiger charge is -2.24. The first-order valence-electron chi connectivity index (χ1n) is 5.09. The fourth-order valence-electron chi connectivity index (χ4n) is 1.17. The molecule has 0 radical (unpaired) electrons. The number of carboxylic acid groups (broad SMARTS) is 1. The van der Waals surface area contributed by atoms with Crippen LogP contribution < -0.4 is 5.32 Å². The van der Waals surface area contributed by atoms with E-state index in [9.17, 15) is 9.59 Å². The summed E-state index contributed by atoms with van der Waals surface area (Å²) in [6, 6.07) is 1.22. The molecule has 3 N–H and O–H groups in total. The van der Waals surface area contributed by atoms with E-state index in [1.807, 2.05) is 0 Å². The third-order valence-electron chi connectivity index (χ3n) is 2.55. The largest absolute Gasteiger partial charge is 0.506 e. The molecule has 1 amide bonds. The number of amides is 1. The van der Waals surface area contributed by atoms with E-state index in [1.54, 1.807) is 6.92 Å². The average molecular weight is 238 g/mol. The molecular weight excluding hydrogens is 224 g/mol. The summed E-state index contributed by atoms with van der Waals surface area (Å²) in [5.74, 6) is -1.84. The number of hydrogen-bond acceptors (Lipinski definition) is 4. The number of nitrogens with zero attached hydrogens (tertiary/aromatic N) is 1. The number of rotatable bonds is 4. The standard InChI is InChI=1S/C11H14N2O4/c1-3-11(2,10(16)17)13-9(15)7-4-8(14)6-12-5-7/h4-6,14H,3H2,1-2H3,(H,13,15)(H,16,17). The molecule has 0 aromatic carbocycles. The van der Waals surface area contributed by atoms with Crippen molar-refractivity contribution in [3.8, 4) is 5.75 Å². The molecule has 0 fully saturated rings. The van der Waals surface area contributed by atoms with Crippen molar-refractivity contribution in [1.29, 1.82) is 0 Å². The highest BCUT2D eigenvalue weighted by molar-refractivity contribution is 5.97. The van der Waals surface area contributed by atoms with Gasteiger partial charge in [-0.05, 0) is 19.4 Å². The minimum atomic E-state index is -1.33. The van der Waals surface area contributed by atoms with E-state index in [2.05, 4.69) is 10.3 Å². The number of aromatic hydroxyl groups is 1. The Morgan fingerprint density at radius 3 is 2.59 bits per heavy atom. The zero-order valence-electron chi connectivity index (χ0n) is 9.60. The van der Waals surface area contributed by atoms with Crippen LogP contribution in [0, 0.1) is 0 Å². The van der Waals surface area contributed by atoms with Crippen molar-refractivity contribution in [2.45, 2.75) is 25.8 Å². The van der Waals surface area contributed by atoms with Gasteiger partial charge in [0.25, 0.3) is 5.91 Å². The van der Waals surface area contributed by atoms with Crippen LogP contribution in [0.1, 0.15) is 30.6 Å². The molecule has 1 rings (SSSR count). The molecule has 0 aliphatic rings. The fourth-order valence-corrected chi connectivity index (χ4v) is 1.17. The fraction of sp³-hybridized carbons (Fsp3) is 0.364. The maximum atomic E-state index is 11.8. The van der Waals surface area contributed by atoms with Gasteiger partial charge in [0.1, 0.15) is 11.3 Å². The molecule has 0 aliphatic carbocycles. The third-order valence-corrected chi connectivity index (χ3v) is 2.55. The number of aliphatic carboxylic acids is 1. The highest BCUT2D eigenvalue weighted by Crippen LogP contribution is 2.13. The monoisotopic (exact) mass is 238 g/mol. The molecule has 1 aromatic heterocycles. The van der Waals surface area contributed by atoms with Crippen LogP contribution in [-0.4, -0.2) is 32.6 Å². The molecule has 1 unspecified atom stereocenters. The lowest BCUT2D eigenvalue weighted by atomic mass is 9.99. The third kappa shape index (κ3) is 2.93. The Labute approximate surface area is 98.3 Å². The van der Waals surface area contributed by atoms with Crippen LogP contribution in [0.4, 0.5) is 0 Å². The van der Waals surface area contributed by atoms with Gasteiger partial charge in [-0.1, -0.05) is 6.92 Å². The molecule has 6 nitrogen and oxygen atoms in total. The molecule has 17 heavy (non-hydrogen) atoms. The quantitative estimate of drug-likeness (QED) is 0.719. The zero-order valence-corrected chi connectivity index (χ0v) is 9.60. The summed E-state index contributed by atoms with van der Waals surface area (Å²) in [6.45, 7) is 3.08. The smallest absolute Gasteiger partial charge is 0.329 e. The summed E-state index contributed by atoms with van der Waals surface area (Å²) in [6.07, 6.45) is 2.69. The number of carbonyl (C=O) groups excluding carboxylic acids is 1. The van der Waals surface area contributed by atoms with Gasteiger partial charge in [0, 0.05) is 6.20 Å². The number of carboxylic acids is 1. The molecule has 1 aromatic rings. The zero-order chi connectivity index (χ0) is 13.1. The Kier molecular flexibility index (Phi) is 3.67. The second-order valence-corrected chi connectivity index (χ2v) is 3.88. The lowest BCUT2D eigenvalue weighted by molar-refractivity contribution is -0.143. The van der Waals surface area contributed by atoms with Gasteiger partial charge < -0.3 is 15.5 Å². The summed E-state index contributed by atoms with van der Waals surface area (Å²) < 4.78 is 0. The van der Waals surface area contributed by atoms with E-state index in [1.165, 1.54) is 25.4 Å². The van der Waals surface area contributed by atoms with Gasteiger partial charge in [-0.25, -0.2) is 4.79 Å². The topological polar surface area (TPSA) is 99.5 Å². The van der Waals surface area contributed by atoms with Crippen molar-refractivity contribution in [2.75, 3.05) is 0 Å². The normalized spacial score (nSPS) is 13.8. The Bertz CT molecular complexity index is 447. The number of aromatic nitrogens is 1. The van der Waals surface area contributed by atoms with Crippen LogP contribution in [0.2, 0.25) is 0 Å². The second kappa shape index (κ2) is 4.82. The van der Waals surface area contributed by atoms with Gasteiger partial charge in [-0.2, -0.15) is 0 Å². The van der Waals surface area contributed by atoms with E-state index in [0.717, 1.165) is 0 Å². The Morgan fingerprint density at radius 2 is 2.12 bits per heavy atom. The molecule has 0 spiro atoms. The first-order chi connectivity index (χ1) is 7.89.